The topological polar surface area (TPSA) is 61.4 Å². The standard InChI is InChI=1S/C18H29N3O2/c22-17(16-4-1-7-19-16)20-10-12-3-2-8-21(11-12)18(23)15-9-14(15)13-5-6-13/h12-16,19H,1-11H2,(H,20,22). The third-order valence-corrected chi connectivity index (χ3v) is 6.16. The average Bonchev–Trinajstić information content (AvgIpc) is 3.49. The zero-order valence-corrected chi connectivity index (χ0v) is 13.9. The molecule has 4 atom stereocenters. The molecule has 0 aromatic heterocycles. The molecule has 23 heavy (non-hydrogen) atoms. The molecule has 0 radical (unpaired) electrons. The van der Waals surface area contributed by atoms with Crippen LogP contribution in [0.4, 0.5) is 0 Å². The van der Waals surface area contributed by atoms with E-state index in [-0.39, 0.29) is 11.9 Å². The van der Waals surface area contributed by atoms with Gasteiger partial charge in [0.15, 0.2) is 0 Å². The molecule has 4 unspecified atom stereocenters. The lowest BCUT2D eigenvalue weighted by molar-refractivity contribution is -0.134. The van der Waals surface area contributed by atoms with Crippen LogP contribution in [0.25, 0.3) is 0 Å². The second-order valence-corrected chi connectivity index (χ2v) is 8.03. The second kappa shape index (κ2) is 6.42. The van der Waals surface area contributed by atoms with Crippen molar-refractivity contribution in [1.82, 2.24) is 15.5 Å². The summed E-state index contributed by atoms with van der Waals surface area (Å²) in [5, 5.41) is 6.34. The van der Waals surface area contributed by atoms with Crippen LogP contribution in [0.1, 0.15) is 44.9 Å². The van der Waals surface area contributed by atoms with Crippen LogP contribution in [0, 0.1) is 23.7 Å². The van der Waals surface area contributed by atoms with Crippen molar-refractivity contribution >= 4 is 11.8 Å². The molecule has 2 saturated heterocycles. The van der Waals surface area contributed by atoms with E-state index in [4.69, 9.17) is 0 Å². The molecule has 5 nitrogen and oxygen atoms in total. The number of amides is 2. The maximum Gasteiger partial charge on any atom is 0.237 e. The summed E-state index contributed by atoms with van der Waals surface area (Å²) in [6.45, 7) is 3.43. The second-order valence-electron chi connectivity index (χ2n) is 8.03. The minimum atomic E-state index is 0.00193. The number of likely N-dealkylation sites (tertiary alicyclic amines) is 1. The molecule has 4 aliphatic rings. The molecular weight excluding hydrogens is 290 g/mol. The predicted octanol–water partition coefficient (Wildman–Crippen LogP) is 1.14. The van der Waals surface area contributed by atoms with Crippen molar-refractivity contribution in [2.45, 2.75) is 51.0 Å². The van der Waals surface area contributed by atoms with Crippen LogP contribution in [-0.2, 0) is 9.59 Å². The first-order valence-corrected chi connectivity index (χ1v) is 9.52. The van der Waals surface area contributed by atoms with Crippen molar-refractivity contribution in [3.05, 3.63) is 0 Å². The summed E-state index contributed by atoms with van der Waals surface area (Å²) < 4.78 is 0. The quantitative estimate of drug-likeness (QED) is 0.799. The molecule has 4 rings (SSSR count). The summed E-state index contributed by atoms with van der Waals surface area (Å²) >= 11 is 0. The maximum absolute atomic E-state index is 12.6. The molecule has 0 bridgehead atoms. The monoisotopic (exact) mass is 319 g/mol. The van der Waals surface area contributed by atoms with Crippen molar-refractivity contribution < 1.29 is 9.59 Å². The number of hydrogen-bond acceptors (Lipinski definition) is 3. The van der Waals surface area contributed by atoms with E-state index < -0.39 is 0 Å². The fraction of sp³-hybridized carbons (Fsp3) is 0.889. The van der Waals surface area contributed by atoms with Gasteiger partial charge in [-0.3, -0.25) is 9.59 Å². The molecule has 2 saturated carbocycles. The van der Waals surface area contributed by atoms with Gasteiger partial charge in [0.1, 0.15) is 0 Å². The van der Waals surface area contributed by atoms with E-state index in [2.05, 4.69) is 15.5 Å². The van der Waals surface area contributed by atoms with E-state index in [0.717, 1.165) is 64.2 Å². The molecule has 5 heteroatoms. The Morgan fingerprint density at radius 1 is 1.13 bits per heavy atom. The number of nitrogens with zero attached hydrogens (tertiary/aromatic N) is 1. The summed E-state index contributed by atoms with van der Waals surface area (Å²) in [5.74, 6) is 2.87. The highest BCUT2D eigenvalue weighted by Gasteiger charge is 2.52. The zero-order valence-electron chi connectivity index (χ0n) is 13.9. The molecule has 0 aromatic carbocycles. The Balaban J connectivity index is 1.22. The highest BCUT2D eigenvalue weighted by Crippen LogP contribution is 2.55. The summed E-state index contributed by atoms with van der Waals surface area (Å²) in [5.41, 5.74) is 0. The third kappa shape index (κ3) is 3.54. The van der Waals surface area contributed by atoms with Crippen LogP contribution >= 0.6 is 0 Å². The molecule has 2 heterocycles. The van der Waals surface area contributed by atoms with Gasteiger partial charge in [0.25, 0.3) is 0 Å². The van der Waals surface area contributed by atoms with Gasteiger partial charge in [-0.25, -0.2) is 0 Å². The first kappa shape index (κ1) is 15.4. The summed E-state index contributed by atoms with van der Waals surface area (Å²) in [6.07, 6.45) is 8.07. The molecule has 0 aromatic rings. The van der Waals surface area contributed by atoms with Crippen LogP contribution < -0.4 is 10.6 Å². The maximum atomic E-state index is 12.6. The molecule has 128 valence electrons. The third-order valence-electron chi connectivity index (χ3n) is 6.16. The Kier molecular flexibility index (Phi) is 4.31. The van der Waals surface area contributed by atoms with Crippen LogP contribution in [0.15, 0.2) is 0 Å². The van der Waals surface area contributed by atoms with Crippen molar-refractivity contribution in [3.63, 3.8) is 0 Å². The number of rotatable bonds is 5. The Labute approximate surface area is 138 Å². The van der Waals surface area contributed by atoms with E-state index >= 15 is 0 Å². The van der Waals surface area contributed by atoms with Gasteiger partial charge in [-0.15, -0.1) is 0 Å². The van der Waals surface area contributed by atoms with Crippen molar-refractivity contribution in [2.24, 2.45) is 23.7 Å². The first-order valence-electron chi connectivity index (χ1n) is 9.52. The lowest BCUT2D eigenvalue weighted by Crippen LogP contribution is -2.47. The zero-order chi connectivity index (χ0) is 15.8. The molecule has 2 aliphatic carbocycles. The lowest BCUT2D eigenvalue weighted by Gasteiger charge is -2.33. The van der Waals surface area contributed by atoms with E-state index in [1.165, 1.54) is 12.8 Å². The van der Waals surface area contributed by atoms with Crippen molar-refractivity contribution in [1.29, 1.82) is 0 Å². The van der Waals surface area contributed by atoms with E-state index in [0.29, 0.717) is 23.7 Å². The molecule has 2 amide bonds. The molecular formula is C18H29N3O2. The van der Waals surface area contributed by atoms with Gasteiger partial charge in [-0.2, -0.15) is 0 Å². The Bertz CT molecular complexity index is 471. The Morgan fingerprint density at radius 3 is 2.74 bits per heavy atom. The minimum absolute atomic E-state index is 0.00193. The van der Waals surface area contributed by atoms with Gasteiger partial charge < -0.3 is 15.5 Å². The predicted molar refractivity (Wildman–Crippen MR) is 87.7 cm³/mol. The normalized spacial score (nSPS) is 36.8. The van der Waals surface area contributed by atoms with Gasteiger partial charge in [-0.1, -0.05) is 0 Å². The summed E-state index contributed by atoms with van der Waals surface area (Å²) in [6, 6.07) is 0.00193. The minimum Gasteiger partial charge on any atom is -0.354 e. The van der Waals surface area contributed by atoms with Gasteiger partial charge in [0.2, 0.25) is 11.8 Å². The average molecular weight is 319 g/mol. The Hall–Kier alpha value is -1.10. The van der Waals surface area contributed by atoms with Crippen LogP contribution in [0.2, 0.25) is 0 Å². The molecule has 0 spiro atoms. The molecule has 2 N–H and O–H groups in total. The van der Waals surface area contributed by atoms with Gasteiger partial charge in [0, 0.05) is 25.6 Å². The highest BCUT2D eigenvalue weighted by atomic mass is 16.2. The first-order chi connectivity index (χ1) is 11.2. The van der Waals surface area contributed by atoms with Gasteiger partial charge in [0.05, 0.1) is 6.04 Å². The van der Waals surface area contributed by atoms with Gasteiger partial charge in [-0.05, 0) is 69.2 Å². The number of carbonyl (C=O) groups excluding carboxylic acids is 2. The highest BCUT2D eigenvalue weighted by molar-refractivity contribution is 5.82. The SMILES string of the molecule is O=C(NCC1CCCN(C(=O)C2CC2C2CC2)C1)C1CCCN1. The number of nitrogens with one attached hydrogen (secondary N) is 2. The fourth-order valence-electron chi connectivity index (χ4n) is 4.49. The summed E-state index contributed by atoms with van der Waals surface area (Å²) in [7, 11) is 0. The van der Waals surface area contributed by atoms with Crippen LogP contribution in [0.5, 0.6) is 0 Å². The van der Waals surface area contributed by atoms with Crippen molar-refractivity contribution in [3.8, 4) is 0 Å². The van der Waals surface area contributed by atoms with E-state index in [9.17, 15) is 9.59 Å². The van der Waals surface area contributed by atoms with E-state index in [1.54, 1.807) is 0 Å². The lowest BCUT2D eigenvalue weighted by atomic mass is 9.97. The smallest absolute Gasteiger partial charge is 0.237 e. The number of piperidine rings is 1. The van der Waals surface area contributed by atoms with Crippen LogP contribution in [0.3, 0.4) is 0 Å². The van der Waals surface area contributed by atoms with Crippen molar-refractivity contribution in [2.75, 3.05) is 26.2 Å². The molecule has 2 aliphatic heterocycles. The Morgan fingerprint density at radius 2 is 2.00 bits per heavy atom. The largest absolute Gasteiger partial charge is 0.354 e. The van der Waals surface area contributed by atoms with E-state index in [1.807, 2.05) is 0 Å². The fourth-order valence-corrected chi connectivity index (χ4v) is 4.49. The van der Waals surface area contributed by atoms with Gasteiger partial charge >= 0.3 is 0 Å². The molecule has 4 fully saturated rings. The number of hydrogen-bond donors (Lipinski definition) is 2. The van der Waals surface area contributed by atoms with Crippen LogP contribution in [-0.4, -0.2) is 48.9 Å². The summed E-state index contributed by atoms with van der Waals surface area (Å²) in [4.78, 5) is 26.8. The number of carbonyl (C=O) groups is 2.